The molecule has 0 aliphatic carbocycles. The first kappa shape index (κ1) is 21.2. The zero-order valence-corrected chi connectivity index (χ0v) is 19.2. The second-order valence-electron chi connectivity index (χ2n) is 6.54. The highest BCUT2D eigenvalue weighted by Crippen LogP contribution is 2.35. The van der Waals surface area contributed by atoms with E-state index in [2.05, 4.69) is 44.5 Å². The summed E-state index contributed by atoms with van der Waals surface area (Å²) in [4.78, 5) is 12.5. The van der Waals surface area contributed by atoms with Crippen molar-refractivity contribution >= 4 is 68.0 Å². The van der Waals surface area contributed by atoms with Gasteiger partial charge in [-0.2, -0.15) is 0 Å². The number of aromatic nitrogens is 3. The molecule has 0 radical (unpaired) electrons. The number of rotatable bonds is 7. The van der Waals surface area contributed by atoms with Crippen molar-refractivity contribution in [1.82, 2.24) is 14.8 Å². The molecule has 0 aliphatic heterocycles. The van der Waals surface area contributed by atoms with Gasteiger partial charge in [0.1, 0.15) is 0 Å². The molecule has 5 nitrogen and oxygen atoms in total. The number of nitrogens with zero attached hydrogens (tertiary/aromatic N) is 3. The number of thioether (sulfide) groups is 1. The van der Waals surface area contributed by atoms with Crippen LogP contribution in [0.15, 0.2) is 53.0 Å². The summed E-state index contributed by atoms with van der Waals surface area (Å²) in [7, 11) is 0. The predicted octanol–water partition coefficient (Wildman–Crippen LogP) is 6.61. The van der Waals surface area contributed by atoms with Gasteiger partial charge in [0, 0.05) is 27.6 Å². The minimum absolute atomic E-state index is 0.174. The van der Waals surface area contributed by atoms with Crippen molar-refractivity contribution in [3.05, 3.63) is 57.9 Å². The molecular weight excluding hydrogens is 459 g/mol. The normalized spacial score (nSPS) is 11.2. The molecule has 0 spiro atoms. The molecule has 2 aromatic carbocycles. The summed E-state index contributed by atoms with van der Waals surface area (Å²) in [5.74, 6) is 0.795. The highest BCUT2D eigenvalue weighted by molar-refractivity contribution is 7.99. The summed E-state index contributed by atoms with van der Waals surface area (Å²) in [6.45, 7) is 2.88. The molecule has 2 aromatic heterocycles. The Balaban J connectivity index is 1.54. The monoisotopic (exact) mass is 476 g/mol. The lowest BCUT2D eigenvalue weighted by molar-refractivity contribution is -0.113. The van der Waals surface area contributed by atoms with Gasteiger partial charge in [-0.3, -0.25) is 4.79 Å². The van der Waals surface area contributed by atoms with Gasteiger partial charge in [-0.25, -0.2) is 0 Å². The molecular formula is C21H18Cl2N4OS2. The fourth-order valence-corrected chi connectivity index (χ4v) is 5.29. The average molecular weight is 477 g/mol. The van der Waals surface area contributed by atoms with E-state index in [0.29, 0.717) is 20.9 Å². The van der Waals surface area contributed by atoms with Crippen LogP contribution in [0, 0.1) is 0 Å². The molecule has 4 rings (SSSR count). The lowest BCUT2D eigenvalue weighted by Gasteiger charge is -2.10. The molecule has 0 atom stereocenters. The van der Waals surface area contributed by atoms with Crippen LogP contribution in [0.25, 0.3) is 21.5 Å². The van der Waals surface area contributed by atoms with Gasteiger partial charge in [0.25, 0.3) is 0 Å². The molecule has 2 heterocycles. The van der Waals surface area contributed by atoms with Gasteiger partial charge < -0.3 is 9.88 Å². The molecule has 0 aliphatic rings. The van der Waals surface area contributed by atoms with Gasteiger partial charge in [-0.05, 0) is 24.6 Å². The Morgan fingerprint density at radius 2 is 1.90 bits per heavy atom. The number of benzene rings is 2. The van der Waals surface area contributed by atoms with Crippen molar-refractivity contribution in [2.75, 3.05) is 11.1 Å². The van der Waals surface area contributed by atoms with E-state index in [1.807, 2.05) is 12.1 Å². The summed E-state index contributed by atoms with van der Waals surface area (Å²) in [5.41, 5.74) is 1.49. The molecule has 0 fully saturated rings. The van der Waals surface area contributed by atoms with Crippen LogP contribution in [0.4, 0.5) is 5.69 Å². The van der Waals surface area contributed by atoms with Gasteiger partial charge in [0.2, 0.25) is 5.91 Å². The SMILES string of the molecule is CCCn1c(SCC(=O)Nc2c(Cl)cccc2Cl)nnc1-c1csc2ccccc12. The largest absolute Gasteiger partial charge is 0.323 e. The molecule has 0 bridgehead atoms. The van der Waals surface area contributed by atoms with Crippen molar-refractivity contribution in [2.45, 2.75) is 25.0 Å². The Morgan fingerprint density at radius 1 is 1.13 bits per heavy atom. The van der Waals surface area contributed by atoms with E-state index in [1.165, 1.54) is 16.5 Å². The number of thiophene rings is 1. The van der Waals surface area contributed by atoms with Crippen LogP contribution in [0.1, 0.15) is 13.3 Å². The summed E-state index contributed by atoms with van der Waals surface area (Å²) >= 11 is 15.3. The number of carbonyl (C=O) groups excluding carboxylic acids is 1. The van der Waals surface area contributed by atoms with E-state index in [1.54, 1.807) is 29.5 Å². The number of carbonyl (C=O) groups is 1. The van der Waals surface area contributed by atoms with Crippen molar-refractivity contribution in [1.29, 1.82) is 0 Å². The summed E-state index contributed by atoms with van der Waals surface area (Å²) in [6.07, 6.45) is 0.933. The van der Waals surface area contributed by atoms with Crippen LogP contribution >= 0.6 is 46.3 Å². The minimum Gasteiger partial charge on any atom is -0.323 e. The third-order valence-electron chi connectivity index (χ3n) is 4.45. The maximum absolute atomic E-state index is 12.5. The van der Waals surface area contributed by atoms with Gasteiger partial charge >= 0.3 is 0 Å². The number of hydrogen-bond donors (Lipinski definition) is 1. The van der Waals surface area contributed by atoms with Crippen molar-refractivity contribution in [3.8, 4) is 11.4 Å². The Kier molecular flexibility index (Phi) is 6.63. The molecule has 0 unspecified atom stereocenters. The lowest BCUT2D eigenvalue weighted by Crippen LogP contribution is -2.15. The number of fused-ring (bicyclic) bond motifs is 1. The fourth-order valence-electron chi connectivity index (χ4n) is 3.09. The van der Waals surface area contributed by atoms with Crippen LogP contribution in [0.2, 0.25) is 10.0 Å². The maximum atomic E-state index is 12.5. The van der Waals surface area contributed by atoms with Crippen LogP contribution in [-0.4, -0.2) is 26.4 Å². The summed E-state index contributed by atoms with van der Waals surface area (Å²) in [6, 6.07) is 13.4. The van der Waals surface area contributed by atoms with E-state index >= 15 is 0 Å². The zero-order valence-electron chi connectivity index (χ0n) is 16.1. The van der Waals surface area contributed by atoms with E-state index in [9.17, 15) is 4.79 Å². The van der Waals surface area contributed by atoms with Crippen LogP contribution in [-0.2, 0) is 11.3 Å². The van der Waals surface area contributed by atoms with Crippen LogP contribution in [0.3, 0.4) is 0 Å². The number of para-hydroxylation sites is 1. The van der Waals surface area contributed by atoms with E-state index < -0.39 is 0 Å². The number of nitrogens with one attached hydrogen (secondary N) is 1. The Hall–Kier alpha value is -2.06. The molecule has 1 amide bonds. The second kappa shape index (κ2) is 9.39. The molecule has 9 heteroatoms. The zero-order chi connectivity index (χ0) is 21.1. The van der Waals surface area contributed by atoms with Gasteiger partial charge in [0.15, 0.2) is 11.0 Å². The van der Waals surface area contributed by atoms with Gasteiger partial charge in [-0.15, -0.1) is 21.5 Å². The average Bonchev–Trinajstić information content (AvgIpc) is 3.33. The third-order valence-corrected chi connectivity index (χ3v) is 7.01. The first-order chi connectivity index (χ1) is 14.6. The second-order valence-corrected chi connectivity index (χ2v) is 9.20. The third kappa shape index (κ3) is 4.34. The topological polar surface area (TPSA) is 59.8 Å². The van der Waals surface area contributed by atoms with Crippen molar-refractivity contribution in [2.24, 2.45) is 0 Å². The quantitative estimate of drug-likeness (QED) is 0.305. The predicted molar refractivity (Wildman–Crippen MR) is 127 cm³/mol. The van der Waals surface area contributed by atoms with E-state index in [-0.39, 0.29) is 11.7 Å². The smallest absolute Gasteiger partial charge is 0.234 e. The fraction of sp³-hybridized carbons (Fsp3) is 0.190. The first-order valence-corrected chi connectivity index (χ1v) is 12.0. The van der Waals surface area contributed by atoms with E-state index in [4.69, 9.17) is 23.2 Å². The Labute approximate surface area is 192 Å². The van der Waals surface area contributed by atoms with Crippen LogP contribution in [0.5, 0.6) is 0 Å². The number of halogens is 2. The minimum atomic E-state index is -0.205. The maximum Gasteiger partial charge on any atom is 0.234 e. The summed E-state index contributed by atoms with van der Waals surface area (Å²) < 4.78 is 3.29. The molecule has 1 N–H and O–H groups in total. The molecule has 0 saturated carbocycles. The standard InChI is InChI=1S/C21H18Cl2N4OS2/c1-2-10-27-20(14-11-29-17-9-4-3-6-13(14)17)25-26-21(27)30-12-18(28)24-19-15(22)7-5-8-16(19)23/h3-9,11H,2,10,12H2,1H3,(H,24,28). The Bertz CT molecular complexity index is 1180. The number of amides is 1. The summed E-state index contributed by atoms with van der Waals surface area (Å²) in [5, 5.41) is 16.4. The Morgan fingerprint density at radius 3 is 2.67 bits per heavy atom. The van der Waals surface area contributed by atoms with Gasteiger partial charge in [0.05, 0.1) is 21.5 Å². The lowest BCUT2D eigenvalue weighted by atomic mass is 10.1. The molecule has 0 saturated heterocycles. The van der Waals surface area contributed by atoms with Crippen LogP contribution < -0.4 is 5.32 Å². The molecule has 4 aromatic rings. The van der Waals surface area contributed by atoms with Gasteiger partial charge in [-0.1, -0.05) is 66.2 Å². The first-order valence-electron chi connectivity index (χ1n) is 9.35. The highest BCUT2D eigenvalue weighted by Gasteiger charge is 2.18. The van der Waals surface area contributed by atoms with Crippen molar-refractivity contribution < 1.29 is 4.79 Å². The van der Waals surface area contributed by atoms with Crippen molar-refractivity contribution in [3.63, 3.8) is 0 Å². The molecule has 154 valence electrons. The number of hydrogen-bond acceptors (Lipinski definition) is 5. The van der Waals surface area contributed by atoms with E-state index in [0.717, 1.165) is 29.7 Å². The highest BCUT2D eigenvalue weighted by atomic mass is 35.5. The molecule has 30 heavy (non-hydrogen) atoms. The number of anilines is 1.